The van der Waals surface area contributed by atoms with Gasteiger partial charge in [0.05, 0.1) is 12.7 Å². The molecule has 1 fully saturated rings. The first-order valence-electron chi connectivity index (χ1n) is 5.14. The highest BCUT2D eigenvalue weighted by Crippen LogP contribution is 2.13. The van der Waals surface area contributed by atoms with Crippen LogP contribution in [0, 0.1) is 0 Å². The zero-order chi connectivity index (χ0) is 10.5. The van der Waals surface area contributed by atoms with Gasteiger partial charge in [0.1, 0.15) is 5.69 Å². The van der Waals surface area contributed by atoms with Gasteiger partial charge < -0.3 is 10.1 Å². The second-order valence-electron chi connectivity index (χ2n) is 3.57. The van der Waals surface area contributed by atoms with Crippen molar-refractivity contribution in [1.82, 2.24) is 15.3 Å². The summed E-state index contributed by atoms with van der Waals surface area (Å²) < 4.78 is 5.70. The van der Waals surface area contributed by atoms with E-state index >= 15 is 0 Å². The molecule has 1 aliphatic rings. The smallest absolute Gasteiger partial charge is 0.152 e. The predicted octanol–water partition coefficient (Wildman–Crippen LogP) is 1.82. The number of aromatic nitrogens is 2. The maximum Gasteiger partial charge on any atom is 0.152 e. The Morgan fingerprint density at radius 1 is 1.44 bits per heavy atom. The standard InChI is InChI=1S/C10H14ClN3O.ClH/c11-10-9(13-4-5-14-10)7-15-8-2-1-3-12-6-8;/h4-5,8,12H,1-3,6-7H2;1H/t8-;/m1./s1. The quantitative estimate of drug-likeness (QED) is 0.904. The molecular formula is C10H15Cl2N3O. The maximum absolute atomic E-state index is 5.87. The van der Waals surface area contributed by atoms with E-state index in [2.05, 4.69) is 15.3 Å². The van der Waals surface area contributed by atoms with Crippen LogP contribution in [0.15, 0.2) is 12.4 Å². The summed E-state index contributed by atoms with van der Waals surface area (Å²) in [6.45, 7) is 2.45. The van der Waals surface area contributed by atoms with Crippen LogP contribution in [-0.2, 0) is 11.3 Å². The van der Waals surface area contributed by atoms with Gasteiger partial charge in [0.25, 0.3) is 0 Å². The summed E-state index contributed by atoms with van der Waals surface area (Å²) in [6.07, 6.45) is 5.75. The molecule has 1 saturated heterocycles. The third-order valence-corrected chi connectivity index (χ3v) is 2.75. The highest BCUT2D eigenvalue weighted by atomic mass is 35.5. The van der Waals surface area contributed by atoms with E-state index in [0.29, 0.717) is 17.5 Å². The van der Waals surface area contributed by atoms with Gasteiger partial charge in [0, 0.05) is 18.9 Å². The van der Waals surface area contributed by atoms with Crippen LogP contribution in [0.4, 0.5) is 0 Å². The second-order valence-corrected chi connectivity index (χ2v) is 3.93. The largest absolute Gasteiger partial charge is 0.370 e. The number of piperidine rings is 1. The van der Waals surface area contributed by atoms with Crippen LogP contribution < -0.4 is 5.32 Å². The Labute approximate surface area is 106 Å². The molecule has 1 aromatic rings. The van der Waals surface area contributed by atoms with Crippen molar-refractivity contribution in [3.63, 3.8) is 0 Å². The molecule has 2 heterocycles. The molecule has 90 valence electrons. The summed E-state index contributed by atoms with van der Waals surface area (Å²) in [4.78, 5) is 8.07. The number of nitrogens with zero attached hydrogens (tertiary/aromatic N) is 2. The third kappa shape index (κ3) is 3.87. The maximum atomic E-state index is 5.87. The number of ether oxygens (including phenoxy) is 1. The average Bonchev–Trinajstić information content (AvgIpc) is 2.29. The van der Waals surface area contributed by atoms with Crippen LogP contribution in [0.25, 0.3) is 0 Å². The molecule has 0 aromatic carbocycles. The normalized spacial score (nSPS) is 20.2. The van der Waals surface area contributed by atoms with Gasteiger partial charge in [-0.2, -0.15) is 0 Å². The van der Waals surface area contributed by atoms with Crippen molar-refractivity contribution in [1.29, 1.82) is 0 Å². The predicted molar refractivity (Wildman–Crippen MR) is 65.0 cm³/mol. The van der Waals surface area contributed by atoms with E-state index in [0.717, 1.165) is 19.5 Å². The number of nitrogens with one attached hydrogen (secondary N) is 1. The molecule has 0 amide bonds. The fraction of sp³-hybridized carbons (Fsp3) is 0.600. The summed E-state index contributed by atoms with van der Waals surface area (Å²) in [5.74, 6) is 0. The van der Waals surface area contributed by atoms with E-state index < -0.39 is 0 Å². The van der Waals surface area contributed by atoms with E-state index in [1.54, 1.807) is 12.4 Å². The SMILES string of the molecule is Cl.Clc1nccnc1CO[C@@H]1CCCNC1. The lowest BCUT2D eigenvalue weighted by atomic mass is 10.1. The van der Waals surface area contributed by atoms with Gasteiger partial charge in [0.2, 0.25) is 0 Å². The molecule has 0 spiro atoms. The van der Waals surface area contributed by atoms with E-state index in [4.69, 9.17) is 16.3 Å². The van der Waals surface area contributed by atoms with E-state index in [-0.39, 0.29) is 18.5 Å². The van der Waals surface area contributed by atoms with Gasteiger partial charge in [0.15, 0.2) is 5.15 Å². The van der Waals surface area contributed by atoms with Crippen LogP contribution in [0.5, 0.6) is 0 Å². The van der Waals surface area contributed by atoms with Crippen molar-refractivity contribution in [2.45, 2.75) is 25.6 Å². The van der Waals surface area contributed by atoms with E-state index in [1.807, 2.05) is 0 Å². The fourth-order valence-electron chi connectivity index (χ4n) is 1.61. The summed E-state index contributed by atoms with van der Waals surface area (Å²) in [7, 11) is 0. The molecular weight excluding hydrogens is 249 g/mol. The Bertz CT molecular complexity index is 319. The molecule has 0 unspecified atom stereocenters. The lowest BCUT2D eigenvalue weighted by Crippen LogP contribution is -2.35. The van der Waals surface area contributed by atoms with Crippen LogP contribution in [-0.4, -0.2) is 29.2 Å². The van der Waals surface area contributed by atoms with E-state index in [9.17, 15) is 0 Å². The summed E-state index contributed by atoms with van der Waals surface area (Å²) in [5, 5.41) is 3.72. The van der Waals surface area contributed by atoms with Gasteiger partial charge in [-0.25, -0.2) is 4.98 Å². The fourth-order valence-corrected chi connectivity index (χ4v) is 1.77. The molecule has 0 radical (unpaired) electrons. The van der Waals surface area contributed by atoms with Gasteiger partial charge in [-0.1, -0.05) is 11.6 Å². The zero-order valence-corrected chi connectivity index (χ0v) is 10.4. The van der Waals surface area contributed by atoms with Crippen molar-refractivity contribution in [2.75, 3.05) is 13.1 Å². The minimum atomic E-state index is 0. The van der Waals surface area contributed by atoms with Crippen molar-refractivity contribution in [3.05, 3.63) is 23.2 Å². The highest BCUT2D eigenvalue weighted by Gasteiger charge is 2.14. The lowest BCUT2D eigenvalue weighted by Gasteiger charge is -2.22. The molecule has 1 N–H and O–H groups in total. The molecule has 1 aromatic heterocycles. The first kappa shape index (κ1) is 13.6. The molecule has 1 aliphatic heterocycles. The van der Waals surface area contributed by atoms with Gasteiger partial charge in [-0.3, -0.25) is 4.98 Å². The first-order valence-corrected chi connectivity index (χ1v) is 5.52. The Morgan fingerprint density at radius 3 is 2.94 bits per heavy atom. The van der Waals surface area contributed by atoms with Crippen molar-refractivity contribution < 1.29 is 4.74 Å². The molecule has 16 heavy (non-hydrogen) atoms. The first-order chi connectivity index (χ1) is 7.36. The molecule has 6 heteroatoms. The topological polar surface area (TPSA) is 47.0 Å². The number of rotatable bonds is 3. The minimum absolute atomic E-state index is 0. The Kier molecular flexibility index (Phi) is 5.98. The third-order valence-electron chi connectivity index (χ3n) is 2.43. The average molecular weight is 264 g/mol. The number of hydrogen-bond donors (Lipinski definition) is 1. The Hall–Kier alpha value is -0.420. The minimum Gasteiger partial charge on any atom is -0.370 e. The zero-order valence-electron chi connectivity index (χ0n) is 8.86. The molecule has 0 aliphatic carbocycles. The summed E-state index contributed by atoms with van der Waals surface area (Å²) in [6, 6.07) is 0. The number of hydrogen-bond acceptors (Lipinski definition) is 4. The van der Waals surface area contributed by atoms with Crippen LogP contribution in [0.3, 0.4) is 0 Å². The molecule has 1 atom stereocenters. The Morgan fingerprint density at radius 2 is 2.25 bits per heavy atom. The van der Waals surface area contributed by atoms with Crippen LogP contribution in [0.1, 0.15) is 18.5 Å². The van der Waals surface area contributed by atoms with Gasteiger partial charge in [-0.05, 0) is 19.4 Å². The monoisotopic (exact) mass is 263 g/mol. The van der Waals surface area contributed by atoms with E-state index in [1.165, 1.54) is 6.42 Å². The number of halogens is 2. The van der Waals surface area contributed by atoms with Crippen molar-refractivity contribution in [2.24, 2.45) is 0 Å². The molecule has 0 saturated carbocycles. The Balaban J connectivity index is 0.00000128. The van der Waals surface area contributed by atoms with Crippen molar-refractivity contribution in [3.8, 4) is 0 Å². The summed E-state index contributed by atoms with van der Waals surface area (Å²) >= 11 is 5.87. The molecule has 0 bridgehead atoms. The van der Waals surface area contributed by atoms with Crippen molar-refractivity contribution >= 4 is 24.0 Å². The van der Waals surface area contributed by atoms with Crippen LogP contribution in [0.2, 0.25) is 5.15 Å². The highest BCUT2D eigenvalue weighted by molar-refractivity contribution is 6.29. The van der Waals surface area contributed by atoms with Gasteiger partial charge >= 0.3 is 0 Å². The van der Waals surface area contributed by atoms with Gasteiger partial charge in [-0.15, -0.1) is 12.4 Å². The molecule has 2 rings (SSSR count). The molecule has 4 nitrogen and oxygen atoms in total. The summed E-state index contributed by atoms with van der Waals surface area (Å²) in [5.41, 5.74) is 0.713. The lowest BCUT2D eigenvalue weighted by molar-refractivity contribution is 0.0235. The second kappa shape index (κ2) is 7.01. The van der Waals surface area contributed by atoms with Crippen LogP contribution >= 0.6 is 24.0 Å².